The number of aromatic nitrogens is 1. The fourth-order valence-electron chi connectivity index (χ4n) is 2.02. The highest BCUT2D eigenvalue weighted by molar-refractivity contribution is 5.11. The zero-order chi connectivity index (χ0) is 11.8. The molecular weight excluding hydrogens is 196 g/mol. The van der Waals surface area contributed by atoms with E-state index in [-0.39, 0.29) is 0 Å². The second-order valence-electron chi connectivity index (χ2n) is 4.51. The fraction of sp³-hybridized carbons (Fsp3) is 0.714. The summed E-state index contributed by atoms with van der Waals surface area (Å²) in [6.07, 6.45) is 7.31. The quantitative estimate of drug-likeness (QED) is 0.663. The van der Waals surface area contributed by atoms with Gasteiger partial charge in [-0.25, -0.2) is 0 Å². The Bertz CT molecular complexity index is 278. The highest BCUT2D eigenvalue weighted by atomic mass is 15.0. The van der Waals surface area contributed by atoms with E-state index in [1.165, 1.54) is 31.4 Å². The molecular formula is C14H26N2. The van der Waals surface area contributed by atoms with Gasteiger partial charge in [0.2, 0.25) is 0 Å². The number of hydrogen-bond donors (Lipinski definition) is 1. The molecule has 1 atom stereocenters. The molecule has 0 aliphatic heterocycles. The van der Waals surface area contributed by atoms with Gasteiger partial charge >= 0.3 is 0 Å². The lowest BCUT2D eigenvalue weighted by Gasteiger charge is -2.16. The molecule has 0 aliphatic rings. The van der Waals surface area contributed by atoms with Crippen molar-refractivity contribution in [1.29, 1.82) is 0 Å². The van der Waals surface area contributed by atoms with Crippen molar-refractivity contribution in [3.63, 3.8) is 0 Å². The van der Waals surface area contributed by atoms with Crippen molar-refractivity contribution in [2.75, 3.05) is 6.54 Å². The molecule has 1 rings (SSSR count). The molecule has 1 N–H and O–H groups in total. The van der Waals surface area contributed by atoms with E-state index < -0.39 is 0 Å². The molecule has 0 spiro atoms. The van der Waals surface area contributed by atoms with Crippen LogP contribution in [0.4, 0.5) is 0 Å². The summed E-state index contributed by atoms with van der Waals surface area (Å²) in [6.45, 7) is 8.97. The molecule has 2 heteroatoms. The van der Waals surface area contributed by atoms with Crippen molar-refractivity contribution in [3.8, 4) is 0 Å². The Morgan fingerprint density at radius 3 is 2.75 bits per heavy atom. The fourth-order valence-corrected chi connectivity index (χ4v) is 2.02. The number of aryl methyl sites for hydroxylation is 1. The Balaban J connectivity index is 2.48. The molecule has 92 valence electrons. The predicted molar refractivity (Wildman–Crippen MR) is 70.7 cm³/mol. The summed E-state index contributed by atoms with van der Waals surface area (Å²) in [5.74, 6) is 0. The van der Waals surface area contributed by atoms with Gasteiger partial charge in [-0.15, -0.1) is 0 Å². The molecule has 0 bridgehead atoms. The lowest BCUT2D eigenvalue weighted by atomic mass is 10.2. The van der Waals surface area contributed by atoms with Gasteiger partial charge in [0.15, 0.2) is 0 Å². The average Bonchev–Trinajstić information content (AvgIpc) is 2.74. The van der Waals surface area contributed by atoms with Crippen molar-refractivity contribution in [3.05, 3.63) is 24.0 Å². The third-order valence-electron chi connectivity index (χ3n) is 3.01. The molecule has 0 aliphatic carbocycles. The first-order valence-electron chi connectivity index (χ1n) is 6.68. The Kier molecular flexibility index (Phi) is 6.24. The number of nitrogens with one attached hydrogen (secondary N) is 1. The SMILES string of the molecule is CCCCCn1cccc1C(C)NCCC. The van der Waals surface area contributed by atoms with E-state index in [1.807, 2.05) is 0 Å². The van der Waals surface area contributed by atoms with Crippen molar-refractivity contribution < 1.29 is 0 Å². The van der Waals surface area contributed by atoms with Gasteiger partial charge < -0.3 is 9.88 Å². The second kappa shape index (κ2) is 7.50. The van der Waals surface area contributed by atoms with Crippen LogP contribution in [0, 0.1) is 0 Å². The molecule has 1 heterocycles. The largest absolute Gasteiger partial charge is 0.350 e. The van der Waals surface area contributed by atoms with E-state index in [9.17, 15) is 0 Å². The number of rotatable bonds is 8. The summed E-state index contributed by atoms with van der Waals surface area (Å²) < 4.78 is 2.39. The number of hydrogen-bond acceptors (Lipinski definition) is 1. The average molecular weight is 222 g/mol. The molecule has 2 nitrogen and oxygen atoms in total. The molecule has 0 saturated carbocycles. The van der Waals surface area contributed by atoms with Crippen LogP contribution in [0.2, 0.25) is 0 Å². The lowest BCUT2D eigenvalue weighted by molar-refractivity contribution is 0.509. The van der Waals surface area contributed by atoms with Gasteiger partial charge in [-0.05, 0) is 38.4 Å². The van der Waals surface area contributed by atoms with Gasteiger partial charge in [0, 0.05) is 24.5 Å². The number of unbranched alkanes of at least 4 members (excludes halogenated alkanes) is 2. The van der Waals surface area contributed by atoms with Crippen LogP contribution < -0.4 is 5.32 Å². The maximum Gasteiger partial charge on any atom is 0.0446 e. The molecule has 1 aromatic rings. The Morgan fingerprint density at radius 1 is 1.25 bits per heavy atom. The van der Waals surface area contributed by atoms with Crippen molar-refractivity contribution in [1.82, 2.24) is 9.88 Å². The zero-order valence-corrected chi connectivity index (χ0v) is 11.0. The standard InChI is InChI=1S/C14H26N2/c1-4-6-7-11-16-12-8-9-14(16)13(3)15-10-5-2/h8-9,12-13,15H,4-7,10-11H2,1-3H3. The molecule has 1 aromatic heterocycles. The van der Waals surface area contributed by atoms with Crippen LogP contribution in [0.3, 0.4) is 0 Å². The Morgan fingerprint density at radius 2 is 2.06 bits per heavy atom. The molecule has 0 saturated heterocycles. The monoisotopic (exact) mass is 222 g/mol. The first-order valence-corrected chi connectivity index (χ1v) is 6.68. The summed E-state index contributed by atoms with van der Waals surface area (Å²) in [5, 5.41) is 3.54. The normalized spacial score (nSPS) is 12.9. The minimum absolute atomic E-state index is 0.469. The van der Waals surface area contributed by atoms with Crippen molar-refractivity contribution in [2.45, 2.75) is 59.0 Å². The van der Waals surface area contributed by atoms with Gasteiger partial charge in [-0.2, -0.15) is 0 Å². The van der Waals surface area contributed by atoms with E-state index in [0.717, 1.165) is 13.1 Å². The van der Waals surface area contributed by atoms with Crippen LogP contribution in [-0.4, -0.2) is 11.1 Å². The van der Waals surface area contributed by atoms with E-state index in [2.05, 4.69) is 49.0 Å². The summed E-state index contributed by atoms with van der Waals surface area (Å²) in [6, 6.07) is 4.86. The third-order valence-corrected chi connectivity index (χ3v) is 3.01. The van der Waals surface area contributed by atoms with Crippen LogP contribution in [0.5, 0.6) is 0 Å². The van der Waals surface area contributed by atoms with Crippen LogP contribution in [0.15, 0.2) is 18.3 Å². The summed E-state index contributed by atoms with van der Waals surface area (Å²) in [7, 11) is 0. The Labute approximate surface area is 100 Å². The molecule has 0 aromatic carbocycles. The summed E-state index contributed by atoms with van der Waals surface area (Å²) >= 11 is 0. The minimum atomic E-state index is 0.469. The molecule has 1 unspecified atom stereocenters. The maximum absolute atomic E-state index is 3.54. The van der Waals surface area contributed by atoms with Crippen LogP contribution in [-0.2, 0) is 6.54 Å². The molecule has 0 amide bonds. The molecule has 0 fully saturated rings. The smallest absolute Gasteiger partial charge is 0.0446 e. The highest BCUT2D eigenvalue weighted by Crippen LogP contribution is 2.14. The van der Waals surface area contributed by atoms with Gasteiger partial charge in [0.1, 0.15) is 0 Å². The lowest BCUT2D eigenvalue weighted by Crippen LogP contribution is -2.21. The van der Waals surface area contributed by atoms with Crippen molar-refractivity contribution in [2.24, 2.45) is 0 Å². The van der Waals surface area contributed by atoms with Crippen molar-refractivity contribution >= 4 is 0 Å². The van der Waals surface area contributed by atoms with Gasteiger partial charge in [0.25, 0.3) is 0 Å². The summed E-state index contributed by atoms with van der Waals surface area (Å²) in [4.78, 5) is 0. The molecule has 16 heavy (non-hydrogen) atoms. The van der Waals surface area contributed by atoms with Crippen LogP contribution >= 0.6 is 0 Å². The van der Waals surface area contributed by atoms with E-state index in [4.69, 9.17) is 0 Å². The predicted octanol–water partition coefficient (Wildman–Crippen LogP) is 3.74. The Hall–Kier alpha value is -0.760. The summed E-state index contributed by atoms with van der Waals surface area (Å²) in [5.41, 5.74) is 1.42. The third kappa shape index (κ3) is 4.01. The first-order chi connectivity index (χ1) is 7.79. The van der Waals surface area contributed by atoms with E-state index in [0.29, 0.717) is 6.04 Å². The molecule has 0 radical (unpaired) electrons. The topological polar surface area (TPSA) is 17.0 Å². The van der Waals surface area contributed by atoms with Gasteiger partial charge in [-0.1, -0.05) is 26.7 Å². The van der Waals surface area contributed by atoms with Crippen LogP contribution in [0.25, 0.3) is 0 Å². The van der Waals surface area contributed by atoms with Gasteiger partial charge in [0.05, 0.1) is 0 Å². The second-order valence-corrected chi connectivity index (χ2v) is 4.51. The number of nitrogens with zero attached hydrogens (tertiary/aromatic N) is 1. The first kappa shape index (κ1) is 13.3. The van der Waals surface area contributed by atoms with E-state index in [1.54, 1.807) is 0 Å². The zero-order valence-electron chi connectivity index (χ0n) is 11.0. The van der Waals surface area contributed by atoms with E-state index >= 15 is 0 Å². The van der Waals surface area contributed by atoms with Crippen LogP contribution in [0.1, 0.15) is 58.2 Å². The maximum atomic E-state index is 3.54. The van der Waals surface area contributed by atoms with Gasteiger partial charge in [-0.3, -0.25) is 0 Å². The minimum Gasteiger partial charge on any atom is -0.350 e. The highest BCUT2D eigenvalue weighted by Gasteiger charge is 2.08.